The number of nitrogens with one attached hydrogen (secondary N) is 1. The fourth-order valence-electron chi connectivity index (χ4n) is 8.15. The van der Waals surface area contributed by atoms with Gasteiger partial charge in [-0.2, -0.15) is 0 Å². The third kappa shape index (κ3) is 2.94. The molecule has 2 bridgehead atoms. The Balaban J connectivity index is 1.25. The number of hydrogen-bond acceptors (Lipinski definition) is 5. The number of phenols is 1. The third-order valence-electron chi connectivity index (χ3n) is 10.1. The van der Waals surface area contributed by atoms with E-state index in [1.54, 1.807) is 6.07 Å². The fourth-order valence-corrected chi connectivity index (χ4v) is 8.15. The first kappa shape index (κ1) is 22.6. The van der Waals surface area contributed by atoms with Crippen LogP contribution in [0.3, 0.4) is 0 Å². The molecule has 0 aromatic heterocycles. The highest BCUT2D eigenvalue weighted by Gasteiger charge is 2.73. The molecule has 6 heteroatoms. The molecule has 0 radical (unpaired) electrons. The number of rotatable bonds is 5. The zero-order valence-electron chi connectivity index (χ0n) is 21.2. The first-order valence-electron chi connectivity index (χ1n) is 13.7. The topological polar surface area (TPSA) is 82.0 Å². The monoisotopic (exact) mass is 488 g/mol. The van der Waals surface area contributed by atoms with Crippen LogP contribution in [-0.4, -0.2) is 57.9 Å². The molecule has 3 N–H and O–H groups in total. The summed E-state index contributed by atoms with van der Waals surface area (Å²) in [5, 5.41) is 26.7. The van der Waals surface area contributed by atoms with Crippen LogP contribution >= 0.6 is 0 Å². The summed E-state index contributed by atoms with van der Waals surface area (Å²) in [6, 6.07) is 11.6. The number of aryl methyl sites for hydroxylation is 1. The predicted molar refractivity (Wildman–Crippen MR) is 136 cm³/mol. The maximum Gasteiger partial charge on any atom is 0.227 e. The largest absolute Gasteiger partial charge is 0.504 e. The summed E-state index contributed by atoms with van der Waals surface area (Å²) in [4.78, 5) is 16.0. The second kappa shape index (κ2) is 7.72. The van der Waals surface area contributed by atoms with Crippen LogP contribution in [0.4, 0.5) is 0 Å². The molecule has 36 heavy (non-hydrogen) atoms. The van der Waals surface area contributed by atoms with Gasteiger partial charge in [0.25, 0.3) is 0 Å². The van der Waals surface area contributed by atoms with Crippen LogP contribution in [0.1, 0.15) is 67.2 Å². The van der Waals surface area contributed by atoms with Gasteiger partial charge in [-0.3, -0.25) is 9.69 Å². The third-order valence-corrected chi connectivity index (χ3v) is 10.1. The van der Waals surface area contributed by atoms with Crippen LogP contribution in [-0.2, 0) is 16.6 Å². The van der Waals surface area contributed by atoms with Crippen LogP contribution in [0.15, 0.2) is 36.4 Å². The van der Waals surface area contributed by atoms with E-state index in [2.05, 4.69) is 10.2 Å². The highest BCUT2D eigenvalue weighted by atomic mass is 16.5. The second-order valence-electron chi connectivity index (χ2n) is 12.0. The molecule has 6 atom stereocenters. The van der Waals surface area contributed by atoms with Gasteiger partial charge in [0.2, 0.25) is 5.91 Å². The van der Waals surface area contributed by atoms with Gasteiger partial charge in [0, 0.05) is 18.2 Å². The van der Waals surface area contributed by atoms with Crippen molar-refractivity contribution in [2.75, 3.05) is 13.1 Å². The Kier molecular flexibility index (Phi) is 4.85. The van der Waals surface area contributed by atoms with E-state index in [0.717, 1.165) is 48.5 Å². The Hall–Kier alpha value is -2.57. The maximum atomic E-state index is 13.5. The van der Waals surface area contributed by atoms with E-state index in [4.69, 9.17) is 4.74 Å². The number of nitrogens with zero attached hydrogens (tertiary/aromatic N) is 1. The quantitative estimate of drug-likeness (QED) is 0.600. The van der Waals surface area contributed by atoms with Gasteiger partial charge >= 0.3 is 0 Å². The van der Waals surface area contributed by atoms with Crippen molar-refractivity contribution < 1.29 is 19.7 Å². The smallest absolute Gasteiger partial charge is 0.227 e. The normalized spacial score (nSPS) is 35.0. The molecule has 1 amide bonds. The van der Waals surface area contributed by atoms with Crippen molar-refractivity contribution in [2.45, 2.75) is 87.5 Å². The maximum absolute atomic E-state index is 13.5. The molecule has 2 aromatic rings. The Morgan fingerprint density at radius 2 is 2.00 bits per heavy atom. The average molecular weight is 489 g/mol. The number of piperidine rings is 1. The van der Waals surface area contributed by atoms with Gasteiger partial charge in [0.05, 0.1) is 23.0 Å². The van der Waals surface area contributed by atoms with Gasteiger partial charge in [-0.25, -0.2) is 0 Å². The summed E-state index contributed by atoms with van der Waals surface area (Å²) in [5.41, 5.74) is 2.78. The molecule has 5 aliphatic rings. The van der Waals surface area contributed by atoms with Gasteiger partial charge in [0.15, 0.2) is 11.5 Å². The molecule has 6 nitrogen and oxygen atoms in total. The van der Waals surface area contributed by atoms with E-state index in [0.29, 0.717) is 18.6 Å². The minimum atomic E-state index is -0.931. The lowest BCUT2D eigenvalue weighted by molar-refractivity contribution is -0.192. The summed E-state index contributed by atoms with van der Waals surface area (Å²) in [6.45, 7) is 5.97. The van der Waals surface area contributed by atoms with Crippen LogP contribution < -0.4 is 10.1 Å². The molecule has 2 saturated carbocycles. The zero-order chi connectivity index (χ0) is 24.8. The number of likely N-dealkylation sites (tertiary alicyclic amines) is 1. The number of phenolic OH excluding ortho intramolecular Hbond substituents is 1. The van der Waals surface area contributed by atoms with Crippen molar-refractivity contribution in [2.24, 2.45) is 5.92 Å². The summed E-state index contributed by atoms with van der Waals surface area (Å²) in [5.74, 6) is 1.12. The van der Waals surface area contributed by atoms with Crippen LogP contribution in [0.25, 0.3) is 0 Å². The number of aromatic hydroxyl groups is 1. The van der Waals surface area contributed by atoms with Gasteiger partial charge in [-0.05, 0) is 87.6 Å². The SMILES string of the molecule is Cc1ccccc1C(C)C(=O)N[C@H]1CC[C@@]2(O)[C@H]3Cc4ccc(O)c5c4[C@@]2(CCN3CC2CC2)[C@H]1O5. The molecule has 2 heterocycles. The average Bonchev–Trinajstić information content (AvgIpc) is 3.60. The molecule has 3 aliphatic carbocycles. The first-order chi connectivity index (χ1) is 17.3. The number of amides is 1. The van der Waals surface area contributed by atoms with E-state index >= 15 is 0 Å². The molecule has 190 valence electrons. The highest BCUT2D eigenvalue weighted by molar-refractivity contribution is 5.84. The predicted octanol–water partition coefficient (Wildman–Crippen LogP) is 3.55. The molecule has 2 aromatic carbocycles. The van der Waals surface area contributed by atoms with Gasteiger partial charge in [-0.15, -0.1) is 0 Å². The minimum absolute atomic E-state index is 0.0151. The number of carbonyl (C=O) groups excluding carboxylic acids is 1. The lowest BCUT2D eigenvalue weighted by Gasteiger charge is -2.64. The van der Waals surface area contributed by atoms with Crippen molar-refractivity contribution in [3.05, 3.63) is 58.7 Å². The van der Waals surface area contributed by atoms with E-state index in [9.17, 15) is 15.0 Å². The minimum Gasteiger partial charge on any atom is -0.504 e. The van der Waals surface area contributed by atoms with Crippen molar-refractivity contribution in [1.82, 2.24) is 10.2 Å². The number of hydrogen-bond donors (Lipinski definition) is 3. The van der Waals surface area contributed by atoms with Crippen molar-refractivity contribution >= 4 is 5.91 Å². The number of ether oxygens (including phenoxy) is 1. The van der Waals surface area contributed by atoms with Gasteiger partial charge in [0.1, 0.15) is 6.10 Å². The van der Waals surface area contributed by atoms with Crippen molar-refractivity contribution in [1.29, 1.82) is 0 Å². The Labute approximate surface area is 212 Å². The lowest BCUT2D eigenvalue weighted by atomic mass is 9.48. The zero-order valence-corrected chi connectivity index (χ0v) is 21.2. The van der Waals surface area contributed by atoms with Crippen molar-refractivity contribution in [3.63, 3.8) is 0 Å². The molecule has 1 saturated heterocycles. The van der Waals surface area contributed by atoms with E-state index < -0.39 is 17.1 Å². The molecule has 2 aliphatic heterocycles. The first-order valence-corrected chi connectivity index (χ1v) is 13.7. The van der Waals surface area contributed by atoms with Gasteiger partial charge < -0.3 is 20.3 Å². The van der Waals surface area contributed by atoms with Gasteiger partial charge in [-0.1, -0.05) is 30.3 Å². The molecule has 3 fully saturated rings. The summed E-state index contributed by atoms with van der Waals surface area (Å²) in [6.07, 6.45) is 5.04. The summed E-state index contributed by atoms with van der Waals surface area (Å²) >= 11 is 0. The molecule has 7 rings (SSSR count). The van der Waals surface area contributed by atoms with E-state index in [-0.39, 0.29) is 29.7 Å². The van der Waals surface area contributed by atoms with Crippen LogP contribution in [0.2, 0.25) is 0 Å². The number of benzene rings is 2. The number of carbonyl (C=O) groups is 1. The summed E-state index contributed by atoms with van der Waals surface area (Å²) < 4.78 is 6.58. The molecular weight excluding hydrogens is 452 g/mol. The molecular formula is C30H36N2O4. The van der Waals surface area contributed by atoms with E-state index in [1.807, 2.05) is 44.2 Å². The fraction of sp³-hybridized carbons (Fsp3) is 0.567. The number of aliphatic hydroxyl groups is 1. The van der Waals surface area contributed by atoms with Crippen LogP contribution in [0, 0.1) is 12.8 Å². The molecule has 1 unspecified atom stereocenters. The van der Waals surface area contributed by atoms with E-state index in [1.165, 1.54) is 18.4 Å². The van der Waals surface area contributed by atoms with Crippen molar-refractivity contribution in [3.8, 4) is 11.5 Å². The molecule has 1 spiro atoms. The highest BCUT2D eigenvalue weighted by Crippen LogP contribution is 2.65. The second-order valence-corrected chi connectivity index (χ2v) is 12.0. The Morgan fingerprint density at radius 1 is 1.19 bits per heavy atom. The lowest BCUT2D eigenvalue weighted by Crippen LogP contribution is -2.78. The standard InChI is InChI=1S/C30H36N2O4/c1-17-5-3-4-6-21(17)18(2)28(34)31-22-11-12-30(35)24-15-20-9-10-23(33)26-25(20)29(30,27(22)36-26)13-14-32(24)16-19-7-8-19/h3-6,9-10,18-19,22,24,27,33,35H,7-8,11-16H2,1-2H3,(H,31,34)/t18?,22-,24+,27-,29-,30+/m0/s1. The Bertz CT molecular complexity index is 1240. The summed E-state index contributed by atoms with van der Waals surface area (Å²) in [7, 11) is 0. The Morgan fingerprint density at radius 3 is 2.78 bits per heavy atom. The van der Waals surface area contributed by atoms with Crippen LogP contribution in [0.5, 0.6) is 11.5 Å².